The molecule has 3 rings (SSSR count). The third kappa shape index (κ3) is 5.43. The van der Waals surface area contributed by atoms with Crippen molar-refractivity contribution in [2.75, 3.05) is 17.7 Å². The minimum absolute atomic E-state index is 0.106. The van der Waals surface area contributed by atoms with Gasteiger partial charge in [0.2, 0.25) is 5.91 Å². The van der Waals surface area contributed by atoms with Crippen molar-refractivity contribution in [3.63, 3.8) is 0 Å². The molecule has 0 saturated heterocycles. The first-order chi connectivity index (χ1) is 13.1. The van der Waals surface area contributed by atoms with Crippen LogP contribution in [0.1, 0.15) is 12.0 Å². The van der Waals surface area contributed by atoms with E-state index in [1.165, 1.54) is 0 Å². The summed E-state index contributed by atoms with van der Waals surface area (Å²) in [5, 5.41) is 14.5. The molecule has 0 radical (unpaired) electrons. The van der Waals surface area contributed by atoms with Gasteiger partial charge in [-0.3, -0.25) is 4.79 Å². The number of hydrogen-bond acceptors (Lipinski definition) is 5. The first kappa shape index (κ1) is 18.7. The molecule has 0 unspecified atom stereocenters. The van der Waals surface area contributed by atoms with Gasteiger partial charge in [-0.25, -0.2) is 0 Å². The molecule has 1 amide bonds. The van der Waals surface area contributed by atoms with Crippen LogP contribution in [0.15, 0.2) is 60.7 Å². The summed E-state index contributed by atoms with van der Waals surface area (Å²) >= 11 is 6.02. The van der Waals surface area contributed by atoms with Crippen molar-refractivity contribution < 1.29 is 9.53 Å². The van der Waals surface area contributed by atoms with Crippen molar-refractivity contribution in [1.82, 2.24) is 10.2 Å². The van der Waals surface area contributed by atoms with Crippen molar-refractivity contribution in [2.24, 2.45) is 0 Å². The molecule has 0 fully saturated rings. The maximum absolute atomic E-state index is 12.1. The molecule has 0 aliphatic heterocycles. The summed E-state index contributed by atoms with van der Waals surface area (Å²) in [5.41, 5.74) is 1.80. The second kappa shape index (κ2) is 9.00. The Morgan fingerprint density at radius 1 is 1.04 bits per heavy atom. The smallest absolute Gasteiger partial charge is 0.225 e. The Morgan fingerprint density at radius 2 is 1.78 bits per heavy atom. The quantitative estimate of drug-likeness (QED) is 0.631. The Balaban J connectivity index is 1.57. The molecule has 27 heavy (non-hydrogen) atoms. The van der Waals surface area contributed by atoms with Gasteiger partial charge in [0.15, 0.2) is 11.6 Å². The average molecular weight is 383 g/mol. The summed E-state index contributed by atoms with van der Waals surface area (Å²) in [6.45, 7) is 0. The first-order valence-corrected chi connectivity index (χ1v) is 8.80. The van der Waals surface area contributed by atoms with Crippen LogP contribution in [0, 0.1) is 0 Å². The summed E-state index contributed by atoms with van der Waals surface area (Å²) in [7, 11) is 1.58. The van der Waals surface area contributed by atoms with Gasteiger partial charge in [0.25, 0.3) is 0 Å². The van der Waals surface area contributed by atoms with E-state index in [4.69, 9.17) is 16.3 Å². The number of carbonyl (C=O) groups is 1. The summed E-state index contributed by atoms with van der Waals surface area (Å²) in [5.74, 6) is 1.44. The predicted octanol–water partition coefficient (Wildman–Crippen LogP) is 4.45. The molecule has 0 saturated carbocycles. The zero-order valence-electron chi connectivity index (χ0n) is 14.8. The minimum Gasteiger partial charge on any atom is -0.495 e. The molecule has 138 valence electrons. The SMILES string of the molecule is COc1ccc(Cl)cc1Nc1ccc(NC(=O)CCc2ccccc2)nn1. The maximum Gasteiger partial charge on any atom is 0.225 e. The Labute approximate surface area is 162 Å². The number of nitrogens with one attached hydrogen (secondary N) is 2. The molecule has 0 spiro atoms. The second-order valence-electron chi connectivity index (χ2n) is 5.81. The van der Waals surface area contributed by atoms with E-state index in [2.05, 4.69) is 20.8 Å². The van der Waals surface area contributed by atoms with E-state index in [-0.39, 0.29) is 5.91 Å². The molecular weight excluding hydrogens is 364 g/mol. The van der Waals surface area contributed by atoms with Gasteiger partial charge in [0.05, 0.1) is 12.8 Å². The Hall–Kier alpha value is -3.12. The summed E-state index contributed by atoms with van der Waals surface area (Å²) < 4.78 is 5.29. The topological polar surface area (TPSA) is 76.1 Å². The minimum atomic E-state index is -0.106. The number of hydrogen-bond donors (Lipinski definition) is 2. The highest BCUT2D eigenvalue weighted by molar-refractivity contribution is 6.31. The van der Waals surface area contributed by atoms with Crippen molar-refractivity contribution in [1.29, 1.82) is 0 Å². The van der Waals surface area contributed by atoms with E-state index in [9.17, 15) is 4.79 Å². The van der Waals surface area contributed by atoms with Crippen LogP contribution in [-0.4, -0.2) is 23.2 Å². The number of methoxy groups -OCH3 is 1. The number of aromatic nitrogens is 2. The number of anilines is 3. The highest BCUT2D eigenvalue weighted by Crippen LogP contribution is 2.29. The molecule has 2 aromatic carbocycles. The number of ether oxygens (including phenoxy) is 1. The normalized spacial score (nSPS) is 10.3. The molecule has 1 aromatic heterocycles. The fourth-order valence-electron chi connectivity index (χ4n) is 2.49. The summed E-state index contributed by atoms with van der Waals surface area (Å²) in [6.07, 6.45) is 1.06. The van der Waals surface area contributed by atoms with Crippen molar-refractivity contribution >= 4 is 34.8 Å². The van der Waals surface area contributed by atoms with Gasteiger partial charge in [0, 0.05) is 11.4 Å². The van der Waals surface area contributed by atoms with Gasteiger partial charge in [-0.2, -0.15) is 0 Å². The maximum atomic E-state index is 12.1. The molecule has 0 aliphatic rings. The summed E-state index contributed by atoms with van der Waals surface area (Å²) in [6, 6.07) is 18.5. The fraction of sp³-hybridized carbons (Fsp3) is 0.150. The van der Waals surface area contributed by atoms with E-state index in [1.54, 1.807) is 37.4 Å². The standard InChI is InChI=1S/C20H19ClN4O2/c1-27-17-9-8-15(21)13-16(17)22-18-10-11-19(25-24-18)23-20(26)12-7-14-5-3-2-4-6-14/h2-6,8-11,13H,7,12H2,1H3,(H,22,24)(H,23,25,26). The highest BCUT2D eigenvalue weighted by Gasteiger charge is 2.07. The number of benzene rings is 2. The van der Waals surface area contributed by atoms with Crippen LogP contribution in [0.5, 0.6) is 5.75 Å². The average Bonchev–Trinajstić information content (AvgIpc) is 2.69. The van der Waals surface area contributed by atoms with Crippen LogP contribution in [0.25, 0.3) is 0 Å². The Bertz CT molecular complexity index is 902. The Kier molecular flexibility index (Phi) is 6.22. The van der Waals surface area contributed by atoms with E-state index in [0.717, 1.165) is 5.56 Å². The molecule has 6 nitrogen and oxygen atoms in total. The van der Waals surface area contributed by atoms with Gasteiger partial charge < -0.3 is 15.4 Å². The molecule has 0 aliphatic carbocycles. The Morgan fingerprint density at radius 3 is 2.48 bits per heavy atom. The molecular formula is C20H19ClN4O2. The number of aryl methyl sites for hydroxylation is 1. The molecule has 2 N–H and O–H groups in total. The van der Waals surface area contributed by atoms with E-state index in [0.29, 0.717) is 40.9 Å². The third-order valence-corrected chi connectivity index (χ3v) is 4.07. The zero-order chi connectivity index (χ0) is 19.1. The van der Waals surface area contributed by atoms with Crippen LogP contribution in [0.3, 0.4) is 0 Å². The van der Waals surface area contributed by atoms with Crippen LogP contribution in [0.4, 0.5) is 17.3 Å². The number of rotatable bonds is 7. The summed E-state index contributed by atoms with van der Waals surface area (Å²) in [4.78, 5) is 12.1. The van der Waals surface area contributed by atoms with E-state index < -0.39 is 0 Å². The number of amides is 1. The molecule has 0 atom stereocenters. The van der Waals surface area contributed by atoms with E-state index >= 15 is 0 Å². The molecule has 1 heterocycles. The largest absolute Gasteiger partial charge is 0.495 e. The molecule has 7 heteroatoms. The monoisotopic (exact) mass is 382 g/mol. The van der Waals surface area contributed by atoms with Gasteiger partial charge in [0.1, 0.15) is 5.75 Å². The number of carbonyl (C=O) groups excluding carboxylic acids is 1. The van der Waals surface area contributed by atoms with Crippen LogP contribution < -0.4 is 15.4 Å². The highest BCUT2D eigenvalue weighted by atomic mass is 35.5. The zero-order valence-corrected chi connectivity index (χ0v) is 15.5. The fourth-order valence-corrected chi connectivity index (χ4v) is 2.66. The molecule has 3 aromatic rings. The van der Waals surface area contributed by atoms with Crippen molar-refractivity contribution in [3.05, 3.63) is 71.2 Å². The van der Waals surface area contributed by atoms with Gasteiger partial charge in [-0.1, -0.05) is 41.9 Å². The van der Waals surface area contributed by atoms with Gasteiger partial charge in [-0.15, -0.1) is 10.2 Å². The van der Waals surface area contributed by atoms with Crippen molar-refractivity contribution in [3.8, 4) is 5.75 Å². The number of nitrogens with zero attached hydrogens (tertiary/aromatic N) is 2. The third-order valence-electron chi connectivity index (χ3n) is 3.84. The van der Waals surface area contributed by atoms with E-state index in [1.807, 2.05) is 30.3 Å². The lowest BCUT2D eigenvalue weighted by molar-refractivity contribution is -0.116. The van der Waals surface area contributed by atoms with Crippen LogP contribution >= 0.6 is 11.6 Å². The number of halogens is 1. The van der Waals surface area contributed by atoms with Gasteiger partial charge in [-0.05, 0) is 42.3 Å². The lowest BCUT2D eigenvalue weighted by atomic mass is 10.1. The molecule has 0 bridgehead atoms. The van der Waals surface area contributed by atoms with Crippen LogP contribution in [-0.2, 0) is 11.2 Å². The second-order valence-corrected chi connectivity index (χ2v) is 6.24. The van der Waals surface area contributed by atoms with Crippen LogP contribution in [0.2, 0.25) is 5.02 Å². The van der Waals surface area contributed by atoms with Crippen molar-refractivity contribution in [2.45, 2.75) is 12.8 Å². The van der Waals surface area contributed by atoms with Gasteiger partial charge >= 0.3 is 0 Å². The lowest BCUT2D eigenvalue weighted by Gasteiger charge is -2.11. The predicted molar refractivity (Wildman–Crippen MR) is 107 cm³/mol. The first-order valence-electron chi connectivity index (χ1n) is 8.42. The lowest BCUT2D eigenvalue weighted by Crippen LogP contribution is -2.14.